The highest BCUT2D eigenvalue weighted by atomic mass is 16.6. The summed E-state index contributed by atoms with van der Waals surface area (Å²) in [6, 6.07) is 69.8. The molecule has 3 unspecified atom stereocenters. The molecule has 8 aliphatic heterocycles. The molecule has 11 heterocycles. The van der Waals surface area contributed by atoms with E-state index in [9.17, 15) is 14.4 Å². The van der Waals surface area contributed by atoms with E-state index in [-0.39, 0.29) is 75.9 Å². The van der Waals surface area contributed by atoms with Crippen LogP contribution in [-0.4, -0.2) is 254 Å². The van der Waals surface area contributed by atoms with E-state index in [1.165, 1.54) is 43.4 Å². The van der Waals surface area contributed by atoms with Gasteiger partial charge in [0, 0.05) is 113 Å². The van der Waals surface area contributed by atoms with E-state index in [0.717, 1.165) is 130 Å². The number of likely N-dealkylation sites (N-methyl/N-ethyl adjacent to an activating group) is 3. The van der Waals surface area contributed by atoms with Crippen molar-refractivity contribution in [3.63, 3.8) is 0 Å². The summed E-state index contributed by atoms with van der Waals surface area (Å²) in [4.78, 5) is 98.5. The molecule has 0 aliphatic carbocycles. The first-order valence-corrected chi connectivity index (χ1v) is 49.0. The summed E-state index contributed by atoms with van der Waals surface area (Å²) in [5.41, 5.74) is 14.2. The molecule has 0 spiro atoms. The molecular formula is C111H122N18O12. The van der Waals surface area contributed by atoms with Gasteiger partial charge in [-0.25, -0.2) is 34.1 Å². The molecule has 30 heteroatoms. The van der Waals surface area contributed by atoms with Gasteiger partial charge in [0.1, 0.15) is 75.2 Å². The van der Waals surface area contributed by atoms with Gasteiger partial charge in [-0.05, 0) is 158 Å². The number of aromatic nitrogens is 6. The molecule has 20 rings (SSSR count). The fourth-order valence-electron chi connectivity index (χ4n) is 20.6. The fourth-order valence-corrected chi connectivity index (χ4v) is 20.6. The van der Waals surface area contributed by atoms with Crippen LogP contribution in [0.15, 0.2) is 206 Å². The lowest BCUT2D eigenvalue weighted by molar-refractivity contribution is 0.0262. The van der Waals surface area contributed by atoms with Crippen LogP contribution in [0, 0.1) is 33.6 Å². The predicted octanol–water partition coefficient (Wildman–Crippen LogP) is 17.1. The Labute approximate surface area is 824 Å². The third kappa shape index (κ3) is 23.1. The van der Waals surface area contributed by atoms with Crippen molar-refractivity contribution in [2.75, 3.05) is 161 Å². The van der Waals surface area contributed by atoms with Crippen LogP contribution >= 0.6 is 0 Å². The third-order valence-corrected chi connectivity index (χ3v) is 28.2. The second-order valence-electron chi connectivity index (χ2n) is 37.7. The molecule has 728 valence electrons. The van der Waals surface area contributed by atoms with E-state index in [1.807, 2.05) is 105 Å². The summed E-state index contributed by atoms with van der Waals surface area (Å²) < 4.78 is 55.4. The van der Waals surface area contributed by atoms with Gasteiger partial charge < -0.3 is 86.6 Å². The molecule has 30 nitrogen and oxygen atoms in total. The van der Waals surface area contributed by atoms with Crippen molar-refractivity contribution in [1.82, 2.24) is 59.3 Å². The van der Waals surface area contributed by atoms with Gasteiger partial charge in [-0.15, -0.1) is 0 Å². The zero-order chi connectivity index (χ0) is 97.2. The standard InChI is InChI=1S/C38H42N6O4.C37H40N6O4.C36H40N6O4/c1-26-10-7-13-28-14-8-16-31(35(26)28)34-20-33-32(25-46-34)36(41-37(40-33)47-24-29-15-9-17-42(29)3)43-18-19-44(30(22-43)21-39-2)38(45)48-23-27-11-5-4-6-12-27;1-38-21-29-22-42(18-19-43(29)37(44)47-23-26-10-4-3-5-11-26)35-32-25-45-34(31-16-8-13-27-12-6-7-15-30(27)31)20-33(32)39-36(40-35)46-24-28-14-9-17-41(28)2;1-25-10-8-13-27-14-9-15-29(33(25)27)32-20-31-30(24-45-32)34(39-35(38-31)44-19-18-40(3)4)41-16-17-42(28(22-41)21-37-2)36(43)46-23-26-11-6-5-7-12-26/h4-8,10-14,16,29-30,34H,9,15,17-25H2,1,3H3;3-8,10-13,15-16,28-29,34H,9,14,17-25H2,2H3;5-15,28,32H,16-24H2,1,3-4H3/t29-,30-,34?;28-,29-,34?;28-,32?/m000/s1. The number of nitrogens with zero attached hydrogens (tertiary/aromatic N) is 18. The number of hydrogen-bond acceptors (Lipinski definition) is 24. The van der Waals surface area contributed by atoms with Crippen LogP contribution in [-0.2, 0) is 87.3 Å². The van der Waals surface area contributed by atoms with Crippen molar-refractivity contribution >= 4 is 68.1 Å². The maximum absolute atomic E-state index is 13.2. The van der Waals surface area contributed by atoms with E-state index in [1.54, 1.807) is 14.7 Å². The number of benzene rings is 9. The van der Waals surface area contributed by atoms with Crippen molar-refractivity contribution < 1.29 is 57.0 Å². The molecule has 5 fully saturated rings. The Morgan fingerprint density at radius 1 is 0.390 bits per heavy atom. The van der Waals surface area contributed by atoms with Crippen LogP contribution in [0.5, 0.6) is 18.0 Å². The van der Waals surface area contributed by atoms with Crippen molar-refractivity contribution in [2.24, 2.45) is 0 Å². The van der Waals surface area contributed by atoms with E-state index >= 15 is 0 Å². The highest BCUT2D eigenvalue weighted by Gasteiger charge is 2.43. The van der Waals surface area contributed by atoms with E-state index in [0.29, 0.717) is 148 Å². The Bertz CT molecular complexity index is 6510. The Morgan fingerprint density at radius 2 is 0.730 bits per heavy atom. The Balaban J connectivity index is 0.000000140. The number of aryl methyl sites for hydroxylation is 2. The second-order valence-corrected chi connectivity index (χ2v) is 37.7. The number of carbonyl (C=O) groups is 3. The van der Waals surface area contributed by atoms with Gasteiger partial charge in [0.15, 0.2) is 0 Å². The zero-order valence-corrected chi connectivity index (χ0v) is 81.1. The summed E-state index contributed by atoms with van der Waals surface area (Å²) in [6.45, 7) is 37.8. The molecule has 8 atom stereocenters. The highest BCUT2D eigenvalue weighted by molar-refractivity contribution is 5.91. The maximum Gasteiger partial charge on any atom is 0.410 e. The molecule has 12 aromatic rings. The largest absolute Gasteiger partial charge is 0.462 e. The van der Waals surface area contributed by atoms with Gasteiger partial charge in [-0.1, -0.05) is 206 Å². The monoisotopic (exact) mass is 1900 g/mol. The molecule has 3 aromatic heterocycles. The minimum absolute atomic E-state index is 0.156. The van der Waals surface area contributed by atoms with Gasteiger partial charge >= 0.3 is 36.3 Å². The van der Waals surface area contributed by atoms with Gasteiger partial charge in [0.25, 0.3) is 0 Å². The topological polar surface area (TPSA) is 254 Å². The second kappa shape index (κ2) is 45.8. The molecule has 0 N–H and O–H groups in total. The van der Waals surface area contributed by atoms with Crippen LogP contribution in [0.25, 0.3) is 46.9 Å². The van der Waals surface area contributed by atoms with Gasteiger partial charge in [0.05, 0.1) is 55.2 Å². The Kier molecular flexibility index (Phi) is 31.6. The lowest BCUT2D eigenvalue weighted by atomic mass is 9.92. The average molecular weight is 1900 g/mol. The predicted molar refractivity (Wildman–Crippen MR) is 540 cm³/mol. The lowest BCUT2D eigenvalue weighted by Crippen LogP contribution is -2.57. The summed E-state index contributed by atoms with van der Waals surface area (Å²) in [5.74, 6) is 2.26. The van der Waals surface area contributed by atoms with Gasteiger partial charge in [-0.3, -0.25) is 14.7 Å². The number of fused-ring (bicyclic) bond motifs is 6. The van der Waals surface area contributed by atoms with E-state index in [4.69, 9.17) is 92.3 Å². The van der Waals surface area contributed by atoms with Crippen LogP contribution in [0.1, 0.15) is 122 Å². The summed E-state index contributed by atoms with van der Waals surface area (Å²) in [5, 5.41) is 7.18. The number of amides is 3. The molecule has 3 amide bonds. The van der Waals surface area contributed by atoms with Crippen LogP contribution in [0.2, 0.25) is 0 Å². The molecular weight excluding hydrogens is 1780 g/mol. The fraction of sp³-hybridized carbons (Fsp3) is 0.405. The van der Waals surface area contributed by atoms with Gasteiger partial charge in [-0.2, -0.15) is 29.9 Å². The Morgan fingerprint density at radius 3 is 1.10 bits per heavy atom. The number of anilines is 3. The third-order valence-electron chi connectivity index (χ3n) is 28.2. The zero-order valence-electron chi connectivity index (χ0n) is 81.1. The van der Waals surface area contributed by atoms with Crippen LogP contribution in [0.4, 0.5) is 31.8 Å². The summed E-state index contributed by atoms with van der Waals surface area (Å²) in [6.07, 6.45) is 4.56. The first kappa shape index (κ1) is 97.1. The molecule has 0 radical (unpaired) electrons. The summed E-state index contributed by atoms with van der Waals surface area (Å²) >= 11 is 0. The Hall–Kier alpha value is -14.2. The van der Waals surface area contributed by atoms with Crippen molar-refractivity contribution in [2.45, 2.75) is 147 Å². The average Bonchev–Trinajstić information content (AvgIpc) is 1.62. The quantitative estimate of drug-likeness (QED) is 0.0381. The number of likely N-dealkylation sites (tertiary alicyclic amines) is 2. The molecule has 0 bridgehead atoms. The van der Waals surface area contributed by atoms with E-state index in [2.05, 4.69) is 187 Å². The molecule has 8 aliphatic rings. The smallest absolute Gasteiger partial charge is 0.410 e. The highest BCUT2D eigenvalue weighted by Crippen LogP contribution is 2.44. The lowest BCUT2D eigenvalue weighted by Gasteiger charge is -2.40. The number of carbonyl (C=O) groups excluding carboxylic acids is 3. The molecule has 9 aromatic carbocycles. The minimum atomic E-state index is -0.411. The SMILES string of the molecule is [C-]#[N+]C[C@H]1CN(c2nc(OCCN(C)C)nc3c2COC(c2cccc4cccc(C)c24)C3)CCN1C(=O)OCc1ccccc1.[C-]#[N+]C[C@H]1CN(c2nc(OC[C@@H]3CCCN3C)nc3c2COC(c2cccc4cccc(C)c24)C3)CCN1C(=O)OCc1ccccc1.[C-]#[N+]C[C@H]1CN(c2nc(OC[C@@H]3CCCN3C)nc3c2COC(c2cccc4ccccc24)C3)CCN1C(=O)OCc1ccccc1. The van der Waals surface area contributed by atoms with Crippen molar-refractivity contribution in [3.8, 4) is 18.0 Å². The van der Waals surface area contributed by atoms with Gasteiger partial charge in [0.2, 0.25) is 19.6 Å². The first-order chi connectivity index (χ1) is 69.0. The van der Waals surface area contributed by atoms with Crippen LogP contribution < -0.4 is 28.9 Å². The van der Waals surface area contributed by atoms with Crippen LogP contribution in [0.3, 0.4) is 0 Å². The number of rotatable bonds is 25. The molecule has 5 saturated heterocycles. The normalized spacial score (nSPS) is 20.1. The maximum atomic E-state index is 13.2. The molecule has 141 heavy (non-hydrogen) atoms. The minimum Gasteiger partial charge on any atom is -0.462 e. The number of ether oxygens (including phenoxy) is 9. The van der Waals surface area contributed by atoms with E-state index < -0.39 is 18.3 Å². The number of piperazine rings is 3. The van der Waals surface area contributed by atoms with Crippen molar-refractivity contribution in [3.05, 3.63) is 319 Å². The first-order valence-electron chi connectivity index (χ1n) is 49.0. The number of hydrogen-bond donors (Lipinski definition) is 0. The molecule has 0 saturated carbocycles. The van der Waals surface area contributed by atoms with Crippen molar-refractivity contribution in [1.29, 1.82) is 0 Å². The summed E-state index contributed by atoms with van der Waals surface area (Å²) in [7, 11) is 8.27.